The van der Waals surface area contributed by atoms with E-state index in [2.05, 4.69) is 0 Å². The number of methoxy groups -OCH3 is 1. The Morgan fingerprint density at radius 1 is 1.24 bits per heavy atom. The molecule has 1 aromatic rings. The predicted molar refractivity (Wildman–Crippen MR) is 68.8 cm³/mol. The van der Waals surface area contributed by atoms with E-state index in [9.17, 15) is 4.79 Å². The normalized spacial score (nSPS) is 14.7. The Morgan fingerprint density at radius 3 is 2.59 bits per heavy atom. The molecule has 0 aliphatic heterocycles. The summed E-state index contributed by atoms with van der Waals surface area (Å²) in [7, 11) is 1.69. The molecule has 0 aromatic heterocycles. The van der Waals surface area contributed by atoms with Crippen LogP contribution in [0, 0.1) is 0 Å². The summed E-state index contributed by atoms with van der Waals surface area (Å²) in [6, 6.07) is 3.81. The standard InChI is InChI=1S/C15H18O2/c1-3-6-14(16)12-9-10-15(17-2)13-8-5-4-7-11(12)13/h3,6,9-10H,4-5,7-8H2,1-2H3. The molecule has 1 aliphatic carbocycles. The van der Waals surface area contributed by atoms with Gasteiger partial charge in [-0.2, -0.15) is 0 Å². The van der Waals surface area contributed by atoms with Crippen molar-refractivity contribution in [1.29, 1.82) is 0 Å². The first-order valence-electron chi connectivity index (χ1n) is 6.13. The van der Waals surface area contributed by atoms with Crippen LogP contribution in [0.2, 0.25) is 0 Å². The quantitative estimate of drug-likeness (QED) is 0.588. The second-order valence-electron chi connectivity index (χ2n) is 4.34. The first-order valence-corrected chi connectivity index (χ1v) is 6.13. The van der Waals surface area contributed by atoms with Gasteiger partial charge in [-0.1, -0.05) is 6.08 Å². The molecule has 0 atom stereocenters. The molecule has 90 valence electrons. The van der Waals surface area contributed by atoms with Gasteiger partial charge in [0.15, 0.2) is 5.78 Å². The molecule has 0 unspecified atom stereocenters. The molecule has 2 heteroatoms. The van der Waals surface area contributed by atoms with E-state index in [0.29, 0.717) is 0 Å². The highest BCUT2D eigenvalue weighted by molar-refractivity contribution is 6.06. The van der Waals surface area contributed by atoms with Crippen molar-refractivity contribution >= 4 is 5.78 Å². The fourth-order valence-electron chi connectivity index (χ4n) is 2.50. The number of allylic oxidation sites excluding steroid dienone is 2. The van der Waals surface area contributed by atoms with Gasteiger partial charge in [-0.3, -0.25) is 4.79 Å². The SMILES string of the molecule is CC=CC(=O)c1ccc(OC)c2c1CCCC2. The number of rotatable bonds is 3. The second kappa shape index (κ2) is 5.17. The fraction of sp³-hybridized carbons (Fsp3) is 0.400. The summed E-state index contributed by atoms with van der Waals surface area (Å²) in [4.78, 5) is 12.0. The van der Waals surface area contributed by atoms with Crippen molar-refractivity contribution in [3.63, 3.8) is 0 Å². The smallest absolute Gasteiger partial charge is 0.185 e. The number of ketones is 1. The first kappa shape index (κ1) is 11.9. The number of benzene rings is 1. The van der Waals surface area contributed by atoms with Crippen molar-refractivity contribution in [2.45, 2.75) is 32.6 Å². The lowest BCUT2D eigenvalue weighted by Crippen LogP contribution is -2.11. The molecule has 1 aromatic carbocycles. The highest BCUT2D eigenvalue weighted by Crippen LogP contribution is 2.32. The molecular formula is C15H18O2. The maximum atomic E-state index is 12.0. The second-order valence-corrected chi connectivity index (χ2v) is 4.34. The van der Waals surface area contributed by atoms with E-state index in [1.165, 1.54) is 17.5 Å². The van der Waals surface area contributed by atoms with Gasteiger partial charge in [0.1, 0.15) is 5.75 Å². The number of ether oxygens (including phenoxy) is 1. The van der Waals surface area contributed by atoms with Crippen LogP contribution in [0.4, 0.5) is 0 Å². The molecule has 0 amide bonds. The summed E-state index contributed by atoms with van der Waals surface area (Å²) in [5.74, 6) is 1.03. The Morgan fingerprint density at radius 2 is 1.94 bits per heavy atom. The number of hydrogen-bond donors (Lipinski definition) is 0. The largest absolute Gasteiger partial charge is 0.496 e. The third kappa shape index (κ3) is 2.26. The van der Waals surface area contributed by atoms with Crippen LogP contribution in [0.15, 0.2) is 24.3 Å². The Kier molecular flexibility index (Phi) is 3.62. The minimum absolute atomic E-state index is 0.105. The lowest BCUT2D eigenvalue weighted by Gasteiger charge is -2.21. The average Bonchev–Trinajstić information content (AvgIpc) is 2.37. The van der Waals surface area contributed by atoms with Crippen LogP contribution in [-0.4, -0.2) is 12.9 Å². The molecule has 0 N–H and O–H groups in total. The zero-order valence-corrected chi connectivity index (χ0v) is 10.5. The highest BCUT2D eigenvalue weighted by atomic mass is 16.5. The van der Waals surface area contributed by atoms with E-state index in [4.69, 9.17) is 4.74 Å². The van der Waals surface area contributed by atoms with Gasteiger partial charge in [-0.15, -0.1) is 0 Å². The van der Waals surface area contributed by atoms with Crippen molar-refractivity contribution < 1.29 is 9.53 Å². The summed E-state index contributed by atoms with van der Waals surface area (Å²) in [6.07, 6.45) is 7.79. The van der Waals surface area contributed by atoms with Gasteiger partial charge in [0.2, 0.25) is 0 Å². The highest BCUT2D eigenvalue weighted by Gasteiger charge is 2.19. The Balaban J connectivity index is 2.51. The van der Waals surface area contributed by atoms with Crippen molar-refractivity contribution in [3.8, 4) is 5.75 Å². The summed E-state index contributed by atoms with van der Waals surface area (Å²) in [5.41, 5.74) is 3.27. The van der Waals surface area contributed by atoms with E-state index < -0.39 is 0 Å². The molecule has 2 rings (SSSR count). The van der Waals surface area contributed by atoms with Gasteiger partial charge >= 0.3 is 0 Å². The zero-order chi connectivity index (χ0) is 12.3. The number of carbonyl (C=O) groups excluding carboxylic acids is 1. The maximum absolute atomic E-state index is 12.0. The summed E-state index contributed by atoms with van der Waals surface area (Å²) >= 11 is 0. The van der Waals surface area contributed by atoms with Crippen molar-refractivity contribution in [2.75, 3.05) is 7.11 Å². The van der Waals surface area contributed by atoms with Crippen LogP contribution in [0.5, 0.6) is 5.75 Å². The van der Waals surface area contributed by atoms with Crippen LogP contribution < -0.4 is 4.74 Å². The molecule has 0 spiro atoms. The topological polar surface area (TPSA) is 26.3 Å². The monoisotopic (exact) mass is 230 g/mol. The van der Waals surface area contributed by atoms with E-state index >= 15 is 0 Å². The fourth-order valence-corrected chi connectivity index (χ4v) is 2.50. The van der Waals surface area contributed by atoms with Gasteiger partial charge < -0.3 is 4.74 Å². The van der Waals surface area contributed by atoms with Crippen LogP contribution in [0.3, 0.4) is 0 Å². The Labute approximate surface area is 102 Å². The van der Waals surface area contributed by atoms with Crippen molar-refractivity contribution in [2.24, 2.45) is 0 Å². The van der Waals surface area contributed by atoms with E-state index in [1.54, 1.807) is 19.3 Å². The third-order valence-electron chi connectivity index (χ3n) is 3.30. The average molecular weight is 230 g/mol. The molecule has 2 nitrogen and oxygen atoms in total. The summed E-state index contributed by atoms with van der Waals surface area (Å²) in [5, 5.41) is 0. The number of carbonyl (C=O) groups is 1. The Bertz CT molecular complexity index is 458. The molecule has 0 radical (unpaired) electrons. The molecule has 0 heterocycles. The van der Waals surface area contributed by atoms with Crippen molar-refractivity contribution in [1.82, 2.24) is 0 Å². The Hall–Kier alpha value is -1.57. The molecule has 0 fully saturated rings. The van der Waals surface area contributed by atoms with Crippen LogP contribution in [-0.2, 0) is 12.8 Å². The summed E-state index contributed by atoms with van der Waals surface area (Å²) < 4.78 is 5.38. The van der Waals surface area contributed by atoms with Crippen LogP contribution in [0.1, 0.15) is 41.3 Å². The molecule has 0 saturated heterocycles. The minimum Gasteiger partial charge on any atom is -0.496 e. The van der Waals surface area contributed by atoms with Gasteiger partial charge in [-0.05, 0) is 61.9 Å². The van der Waals surface area contributed by atoms with Gasteiger partial charge in [0.25, 0.3) is 0 Å². The van der Waals surface area contributed by atoms with E-state index in [1.807, 2.05) is 19.1 Å². The van der Waals surface area contributed by atoms with Gasteiger partial charge in [0.05, 0.1) is 7.11 Å². The molecule has 0 bridgehead atoms. The van der Waals surface area contributed by atoms with Crippen molar-refractivity contribution in [3.05, 3.63) is 41.0 Å². The molecule has 0 saturated carbocycles. The lowest BCUT2D eigenvalue weighted by atomic mass is 9.86. The molecule has 17 heavy (non-hydrogen) atoms. The van der Waals surface area contributed by atoms with E-state index in [0.717, 1.165) is 30.6 Å². The first-order chi connectivity index (χ1) is 8.27. The lowest BCUT2D eigenvalue weighted by molar-refractivity contribution is 0.104. The van der Waals surface area contributed by atoms with E-state index in [-0.39, 0.29) is 5.78 Å². The third-order valence-corrected chi connectivity index (χ3v) is 3.30. The maximum Gasteiger partial charge on any atom is 0.185 e. The number of fused-ring (bicyclic) bond motifs is 1. The van der Waals surface area contributed by atoms with Gasteiger partial charge in [-0.25, -0.2) is 0 Å². The van der Waals surface area contributed by atoms with Gasteiger partial charge in [0, 0.05) is 5.56 Å². The van der Waals surface area contributed by atoms with Crippen LogP contribution >= 0.6 is 0 Å². The van der Waals surface area contributed by atoms with Crippen LogP contribution in [0.25, 0.3) is 0 Å². The summed E-state index contributed by atoms with van der Waals surface area (Å²) in [6.45, 7) is 1.87. The number of hydrogen-bond acceptors (Lipinski definition) is 2. The minimum atomic E-state index is 0.105. The molecule has 1 aliphatic rings. The zero-order valence-electron chi connectivity index (χ0n) is 10.5. The molecular weight excluding hydrogens is 212 g/mol. The predicted octanol–water partition coefficient (Wildman–Crippen LogP) is 3.33.